The molecule has 0 heterocycles. The summed E-state index contributed by atoms with van der Waals surface area (Å²) in [6, 6.07) is 0.528. The first kappa shape index (κ1) is 9.77. The highest BCUT2D eigenvalue weighted by molar-refractivity contribution is 5.75. The zero-order valence-electron chi connectivity index (χ0n) is 8.33. The number of rotatable bonds is 3. The van der Waals surface area contributed by atoms with Gasteiger partial charge in [0, 0.05) is 24.6 Å². The molecule has 2 fully saturated rings. The van der Waals surface area contributed by atoms with Crippen LogP contribution in [0.25, 0.3) is 0 Å². The lowest BCUT2D eigenvalue weighted by atomic mass is 10.1. The zero-order chi connectivity index (χ0) is 9.97. The van der Waals surface area contributed by atoms with Crippen LogP contribution in [0.1, 0.15) is 32.1 Å². The van der Waals surface area contributed by atoms with Crippen molar-refractivity contribution in [3.63, 3.8) is 0 Å². The number of aliphatic hydroxyl groups is 1. The number of hydrogen-bond donors (Lipinski definition) is 3. The fourth-order valence-corrected chi connectivity index (χ4v) is 2.07. The van der Waals surface area contributed by atoms with Gasteiger partial charge in [-0.3, -0.25) is 0 Å². The van der Waals surface area contributed by atoms with Gasteiger partial charge in [0.25, 0.3) is 0 Å². The van der Waals surface area contributed by atoms with Crippen molar-refractivity contribution in [3.05, 3.63) is 0 Å². The van der Waals surface area contributed by atoms with Gasteiger partial charge in [0.05, 0.1) is 0 Å². The molecule has 0 aromatic carbocycles. The normalized spacial score (nSPS) is 31.5. The molecule has 0 unspecified atom stereocenters. The molecule has 0 saturated heterocycles. The third-order valence-electron chi connectivity index (χ3n) is 3.12. The Balaban J connectivity index is 1.74. The van der Waals surface area contributed by atoms with Crippen LogP contribution in [-0.2, 0) is 0 Å². The summed E-state index contributed by atoms with van der Waals surface area (Å²) in [4.78, 5) is 11.4. The van der Waals surface area contributed by atoms with Crippen molar-refractivity contribution in [1.29, 1.82) is 0 Å². The first-order chi connectivity index (χ1) is 6.79. The van der Waals surface area contributed by atoms with Gasteiger partial charge < -0.3 is 15.7 Å². The maximum absolute atomic E-state index is 11.4. The molecule has 0 spiro atoms. The van der Waals surface area contributed by atoms with Gasteiger partial charge in [-0.05, 0) is 25.7 Å². The second-order valence-corrected chi connectivity index (χ2v) is 4.37. The SMILES string of the molecule is O=C(NC1CC1)N[C@H]1CCC[C@H]1CO. The predicted molar refractivity (Wildman–Crippen MR) is 52.9 cm³/mol. The first-order valence-electron chi connectivity index (χ1n) is 5.47. The molecule has 0 aromatic rings. The predicted octanol–water partition coefficient (Wildman–Crippen LogP) is 0.609. The molecule has 0 aromatic heterocycles. The van der Waals surface area contributed by atoms with E-state index < -0.39 is 0 Å². The minimum absolute atomic E-state index is 0.0575. The molecule has 14 heavy (non-hydrogen) atoms. The van der Waals surface area contributed by atoms with Gasteiger partial charge in [-0.25, -0.2) is 4.79 Å². The van der Waals surface area contributed by atoms with Crippen LogP contribution in [0.3, 0.4) is 0 Å². The van der Waals surface area contributed by atoms with E-state index in [0.29, 0.717) is 6.04 Å². The molecule has 2 atom stereocenters. The average molecular weight is 198 g/mol. The highest BCUT2D eigenvalue weighted by Gasteiger charge is 2.29. The molecule has 0 radical (unpaired) electrons. The minimum Gasteiger partial charge on any atom is -0.396 e. The Morgan fingerprint density at radius 2 is 2.00 bits per heavy atom. The molecular weight excluding hydrogens is 180 g/mol. The number of hydrogen-bond acceptors (Lipinski definition) is 2. The lowest BCUT2D eigenvalue weighted by Gasteiger charge is -2.19. The van der Waals surface area contributed by atoms with Crippen molar-refractivity contribution in [2.45, 2.75) is 44.2 Å². The fourth-order valence-electron chi connectivity index (χ4n) is 2.07. The van der Waals surface area contributed by atoms with Crippen LogP contribution in [0.2, 0.25) is 0 Å². The minimum atomic E-state index is -0.0575. The van der Waals surface area contributed by atoms with E-state index in [1.165, 1.54) is 0 Å². The summed E-state index contributed by atoms with van der Waals surface area (Å²) in [7, 11) is 0. The molecule has 80 valence electrons. The second-order valence-electron chi connectivity index (χ2n) is 4.37. The molecular formula is C10H18N2O2. The van der Waals surface area contributed by atoms with Gasteiger partial charge in [0.15, 0.2) is 0 Å². The lowest BCUT2D eigenvalue weighted by molar-refractivity contribution is 0.199. The Labute approximate surface area is 84.1 Å². The third-order valence-corrected chi connectivity index (χ3v) is 3.12. The number of carbonyl (C=O) groups is 1. The average Bonchev–Trinajstić information content (AvgIpc) is 2.84. The molecule has 2 rings (SSSR count). The summed E-state index contributed by atoms with van der Waals surface area (Å²) in [6.07, 6.45) is 5.37. The highest BCUT2D eigenvalue weighted by Crippen LogP contribution is 2.25. The van der Waals surface area contributed by atoms with Crippen LogP contribution < -0.4 is 10.6 Å². The van der Waals surface area contributed by atoms with E-state index >= 15 is 0 Å². The Bertz CT molecular complexity index is 216. The number of amides is 2. The molecule has 4 nitrogen and oxygen atoms in total. The van der Waals surface area contributed by atoms with Crippen LogP contribution in [0.4, 0.5) is 4.79 Å². The fraction of sp³-hybridized carbons (Fsp3) is 0.900. The van der Waals surface area contributed by atoms with Crippen LogP contribution in [0.15, 0.2) is 0 Å². The van der Waals surface area contributed by atoms with Crippen molar-refractivity contribution >= 4 is 6.03 Å². The van der Waals surface area contributed by atoms with E-state index in [-0.39, 0.29) is 24.6 Å². The van der Waals surface area contributed by atoms with Gasteiger partial charge in [-0.1, -0.05) is 6.42 Å². The molecule has 2 aliphatic carbocycles. The molecule has 0 bridgehead atoms. The highest BCUT2D eigenvalue weighted by atomic mass is 16.3. The quantitative estimate of drug-likeness (QED) is 0.622. The maximum Gasteiger partial charge on any atom is 0.315 e. The van der Waals surface area contributed by atoms with E-state index in [9.17, 15) is 4.79 Å². The lowest BCUT2D eigenvalue weighted by Crippen LogP contribution is -2.45. The van der Waals surface area contributed by atoms with E-state index in [4.69, 9.17) is 5.11 Å². The van der Waals surface area contributed by atoms with Crippen molar-refractivity contribution in [1.82, 2.24) is 10.6 Å². The van der Waals surface area contributed by atoms with E-state index in [2.05, 4.69) is 10.6 Å². The molecule has 2 aliphatic rings. The standard InChI is InChI=1S/C10H18N2O2/c13-6-7-2-1-3-9(7)12-10(14)11-8-4-5-8/h7-9,13H,1-6H2,(H2,11,12,14)/t7-,9-/m0/s1. The molecule has 0 aliphatic heterocycles. The first-order valence-corrected chi connectivity index (χ1v) is 5.47. The van der Waals surface area contributed by atoms with Crippen LogP contribution in [-0.4, -0.2) is 29.8 Å². The van der Waals surface area contributed by atoms with Gasteiger partial charge in [0.1, 0.15) is 0 Å². The molecule has 2 saturated carbocycles. The summed E-state index contributed by atoms with van der Waals surface area (Å²) in [5.41, 5.74) is 0. The number of carbonyl (C=O) groups excluding carboxylic acids is 1. The topological polar surface area (TPSA) is 61.4 Å². The Hall–Kier alpha value is -0.770. The summed E-state index contributed by atoms with van der Waals surface area (Å²) >= 11 is 0. The summed E-state index contributed by atoms with van der Waals surface area (Å²) in [6.45, 7) is 0.189. The Morgan fingerprint density at radius 1 is 1.21 bits per heavy atom. The van der Waals surface area contributed by atoms with Gasteiger partial charge in [-0.2, -0.15) is 0 Å². The van der Waals surface area contributed by atoms with Crippen LogP contribution in [0.5, 0.6) is 0 Å². The molecule has 2 amide bonds. The van der Waals surface area contributed by atoms with Crippen molar-refractivity contribution in [2.75, 3.05) is 6.61 Å². The second kappa shape index (κ2) is 4.17. The third kappa shape index (κ3) is 2.38. The smallest absolute Gasteiger partial charge is 0.315 e. The number of urea groups is 1. The largest absolute Gasteiger partial charge is 0.396 e. The van der Waals surface area contributed by atoms with Gasteiger partial charge in [-0.15, -0.1) is 0 Å². The van der Waals surface area contributed by atoms with Crippen molar-refractivity contribution < 1.29 is 9.90 Å². The number of nitrogens with one attached hydrogen (secondary N) is 2. The summed E-state index contributed by atoms with van der Waals surface area (Å²) in [5.74, 6) is 0.264. The summed E-state index contributed by atoms with van der Waals surface area (Å²) in [5, 5.41) is 14.9. The van der Waals surface area contributed by atoms with Crippen molar-refractivity contribution in [2.24, 2.45) is 5.92 Å². The monoisotopic (exact) mass is 198 g/mol. The number of aliphatic hydroxyl groups excluding tert-OH is 1. The van der Waals surface area contributed by atoms with Crippen molar-refractivity contribution in [3.8, 4) is 0 Å². The summed E-state index contributed by atoms with van der Waals surface area (Å²) < 4.78 is 0. The van der Waals surface area contributed by atoms with Crippen LogP contribution >= 0.6 is 0 Å². The van der Waals surface area contributed by atoms with Crippen LogP contribution in [0, 0.1) is 5.92 Å². The van der Waals surface area contributed by atoms with E-state index in [1.807, 2.05) is 0 Å². The van der Waals surface area contributed by atoms with Gasteiger partial charge >= 0.3 is 6.03 Å². The molecule has 4 heteroatoms. The zero-order valence-corrected chi connectivity index (χ0v) is 8.33. The Morgan fingerprint density at radius 3 is 2.64 bits per heavy atom. The van der Waals surface area contributed by atoms with E-state index in [1.54, 1.807) is 0 Å². The Kier molecular flexibility index (Phi) is 2.91. The maximum atomic E-state index is 11.4. The van der Waals surface area contributed by atoms with Gasteiger partial charge in [0.2, 0.25) is 0 Å². The van der Waals surface area contributed by atoms with E-state index in [0.717, 1.165) is 32.1 Å². The molecule has 3 N–H and O–H groups in total.